The number of rotatable bonds is 2. The van der Waals surface area contributed by atoms with Gasteiger partial charge in [0.15, 0.2) is 0 Å². The van der Waals surface area contributed by atoms with Gasteiger partial charge in [0, 0.05) is 32.5 Å². The molecular weight excluding hydrogens is 210 g/mol. The Kier molecular flexibility index (Phi) is 2.75. The van der Waals surface area contributed by atoms with Gasteiger partial charge in [-0.05, 0) is 23.8 Å². The first-order chi connectivity index (χ1) is 8.26. The maximum Gasteiger partial charge on any atom is 0.132 e. The van der Waals surface area contributed by atoms with Gasteiger partial charge in [-0.2, -0.15) is 0 Å². The average molecular weight is 229 g/mol. The van der Waals surface area contributed by atoms with Crippen molar-refractivity contribution in [3.05, 3.63) is 35.9 Å². The monoisotopic (exact) mass is 229 g/mol. The van der Waals surface area contributed by atoms with E-state index in [1.54, 1.807) is 0 Å². The minimum Gasteiger partial charge on any atom is -0.300 e. The summed E-state index contributed by atoms with van der Waals surface area (Å²) in [6, 6.07) is 10.6. The number of ketones is 1. The van der Waals surface area contributed by atoms with Crippen LogP contribution in [0.1, 0.15) is 31.2 Å². The van der Waals surface area contributed by atoms with Crippen molar-refractivity contribution in [1.82, 2.24) is 4.90 Å². The summed E-state index contributed by atoms with van der Waals surface area (Å²) in [6.07, 6.45) is 3.88. The zero-order valence-electron chi connectivity index (χ0n) is 10.2. The minimum absolute atomic E-state index is 0.470. The van der Waals surface area contributed by atoms with Crippen LogP contribution in [0.15, 0.2) is 30.3 Å². The molecule has 1 heterocycles. The molecule has 1 aliphatic heterocycles. The molecule has 0 amide bonds. The van der Waals surface area contributed by atoms with Gasteiger partial charge in [-0.1, -0.05) is 30.3 Å². The lowest BCUT2D eigenvalue weighted by molar-refractivity contribution is -0.126. The summed E-state index contributed by atoms with van der Waals surface area (Å²) in [5.41, 5.74) is 1.89. The fourth-order valence-corrected chi connectivity index (χ4v) is 3.23. The third-order valence-electron chi connectivity index (χ3n) is 4.24. The van der Waals surface area contributed by atoms with Crippen LogP contribution in [-0.4, -0.2) is 23.8 Å². The van der Waals surface area contributed by atoms with Crippen molar-refractivity contribution in [2.45, 2.75) is 32.2 Å². The van der Waals surface area contributed by atoms with E-state index >= 15 is 0 Å². The van der Waals surface area contributed by atoms with Crippen LogP contribution < -0.4 is 0 Å². The second-order valence-corrected chi connectivity index (χ2v) is 5.67. The van der Waals surface area contributed by atoms with Crippen LogP contribution in [0.5, 0.6) is 0 Å². The van der Waals surface area contributed by atoms with Crippen molar-refractivity contribution in [3.8, 4) is 0 Å². The first-order valence-electron chi connectivity index (χ1n) is 6.54. The predicted molar refractivity (Wildman–Crippen MR) is 67.6 cm³/mol. The summed E-state index contributed by atoms with van der Waals surface area (Å²) < 4.78 is 0. The van der Waals surface area contributed by atoms with Gasteiger partial charge in [0.2, 0.25) is 0 Å². The van der Waals surface area contributed by atoms with E-state index in [4.69, 9.17) is 0 Å². The van der Waals surface area contributed by atoms with Gasteiger partial charge in [0.05, 0.1) is 0 Å². The van der Waals surface area contributed by atoms with Crippen LogP contribution >= 0.6 is 0 Å². The Bertz CT molecular complexity index is 394. The fourth-order valence-electron chi connectivity index (χ4n) is 3.23. The molecule has 0 bridgehead atoms. The average Bonchev–Trinajstić information content (AvgIpc) is 2.31. The molecule has 0 atom stereocenters. The third kappa shape index (κ3) is 2.27. The van der Waals surface area contributed by atoms with Crippen LogP contribution in [0, 0.1) is 5.41 Å². The molecule has 1 aromatic carbocycles. The van der Waals surface area contributed by atoms with Crippen LogP contribution in [0.3, 0.4) is 0 Å². The van der Waals surface area contributed by atoms with Crippen molar-refractivity contribution in [2.75, 3.05) is 13.1 Å². The lowest BCUT2D eigenvalue weighted by Crippen LogP contribution is -2.56. The Morgan fingerprint density at radius 3 is 2.35 bits per heavy atom. The number of carbonyl (C=O) groups excluding carboxylic acids is 1. The zero-order chi connectivity index (χ0) is 11.7. The predicted octanol–water partition coefficient (Wildman–Crippen LogP) is 2.63. The van der Waals surface area contributed by atoms with Crippen molar-refractivity contribution < 1.29 is 4.79 Å². The molecule has 2 nitrogen and oxygen atoms in total. The van der Waals surface area contributed by atoms with Crippen LogP contribution in [0.2, 0.25) is 0 Å². The lowest BCUT2D eigenvalue weighted by Gasteiger charge is -2.52. The Balaban J connectivity index is 1.53. The summed E-state index contributed by atoms with van der Waals surface area (Å²) in [4.78, 5) is 13.8. The molecule has 1 saturated carbocycles. The lowest BCUT2D eigenvalue weighted by atomic mass is 9.68. The van der Waals surface area contributed by atoms with Crippen molar-refractivity contribution in [1.29, 1.82) is 0 Å². The molecule has 3 rings (SSSR count). The zero-order valence-corrected chi connectivity index (χ0v) is 10.2. The first kappa shape index (κ1) is 11.0. The third-order valence-corrected chi connectivity index (χ3v) is 4.24. The number of nitrogens with zero attached hydrogens (tertiary/aromatic N) is 1. The molecule has 1 aromatic rings. The Labute approximate surface area is 103 Å². The van der Waals surface area contributed by atoms with Crippen LogP contribution in [-0.2, 0) is 11.3 Å². The highest BCUT2D eigenvalue weighted by atomic mass is 16.1. The highest BCUT2D eigenvalue weighted by Crippen LogP contribution is 2.43. The number of Topliss-reactive ketones (excluding diaryl/α,β-unsaturated/α-hetero) is 1. The molecule has 1 aliphatic carbocycles. The molecule has 1 spiro atoms. The largest absolute Gasteiger partial charge is 0.300 e. The molecular formula is C15H19NO. The van der Waals surface area contributed by atoms with Gasteiger partial charge >= 0.3 is 0 Å². The quantitative estimate of drug-likeness (QED) is 0.777. The molecule has 0 radical (unpaired) electrons. The van der Waals surface area contributed by atoms with Gasteiger partial charge in [0.25, 0.3) is 0 Å². The van der Waals surface area contributed by atoms with E-state index in [0.717, 1.165) is 32.2 Å². The van der Waals surface area contributed by atoms with Gasteiger partial charge in [-0.25, -0.2) is 0 Å². The van der Waals surface area contributed by atoms with E-state index < -0.39 is 0 Å². The van der Waals surface area contributed by atoms with Gasteiger partial charge in [-0.15, -0.1) is 0 Å². The molecule has 0 N–H and O–H groups in total. The van der Waals surface area contributed by atoms with Crippen molar-refractivity contribution >= 4 is 5.78 Å². The minimum atomic E-state index is 0.470. The van der Waals surface area contributed by atoms with Crippen molar-refractivity contribution in [2.24, 2.45) is 5.41 Å². The Morgan fingerprint density at radius 1 is 1.06 bits per heavy atom. The van der Waals surface area contributed by atoms with Gasteiger partial charge in [0.1, 0.15) is 5.78 Å². The van der Waals surface area contributed by atoms with E-state index in [-0.39, 0.29) is 0 Å². The normalized spacial score (nSPS) is 23.6. The number of hydrogen-bond donors (Lipinski definition) is 0. The number of carbonyl (C=O) groups is 1. The second-order valence-electron chi connectivity index (χ2n) is 5.67. The second kappa shape index (κ2) is 4.26. The van der Waals surface area contributed by atoms with E-state index in [0.29, 0.717) is 11.2 Å². The smallest absolute Gasteiger partial charge is 0.132 e. The number of hydrogen-bond acceptors (Lipinski definition) is 2. The van der Waals surface area contributed by atoms with Crippen LogP contribution in [0.25, 0.3) is 0 Å². The van der Waals surface area contributed by atoms with E-state index in [1.807, 2.05) is 0 Å². The summed E-state index contributed by atoms with van der Waals surface area (Å²) in [6.45, 7) is 3.45. The molecule has 0 unspecified atom stereocenters. The van der Waals surface area contributed by atoms with Gasteiger partial charge in [-0.3, -0.25) is 9.69 Å². The summed E-state index contributed by atoms with van der Waals surface area (Å²) in [5, 5.41) is 0. The maximum absolute atomic E-state index is 11.2. The number of likely N-dealkylation sites (tertiary alicyclic amines) is 1. The fraction of sp³-hybridized carbons (Fsp3) is 0.533. The highest BCUT2D eigenvalue weighted by Gasteiger charge is 2.44. The Hall–Kier alpha value is -1.15. The SMILES string of the molecule is O=C1CCC2(CC1)CN(Cc1ccccc1)C2. The molecule has 2 fully saturated rings. The highest BCUT2D eigenvalue weighted by molar-refractivity contribution is 5.79. The molecule has 0 aromatic heterocycles. The summed E-state index contributed by atoms with van der Waals surface area (Å²) in [5.74, 6) is 0.470. The van der Waals surface area contributed by atoms with Gasteiger partial charge < -0.3 is 0 Å². The van der Waals surface area contributed by atoms with E-state index in [1.165, 1.54) is 18.7 Å². The molecule has 2 heteroatoms. The molecule has 1 saturated heterocycles. The maximum atomic E-state index is 11.2. The summed E-state index contributed by atoms with van der Waals surface area (Å²) >= 11 is 0. The first-order valence-corrected chi connectivity index (χ1v) is 6.54. The van der Waals surface area contributed by atoms with Crippen molar-refractivity contribution in [3.63, 3.8) is 0 Å². The molecule has 2 aliphatic rings. The molecule has 90 valence electrons. The Morgan fingerprint density at radius 2 is 1.71 bits per heavy atom. The molecule has 17 heavy (non-hydrogen) atoms. The standard InChI is InChI=1S/C15H19NO/c17-14-6-8-15(9-7-14)11-16(12-15)10-13-4-2-1-3-5-13/h1-5H,6-12H2. The summed E-state index contributed by atoms with van der Waals surface area (Å²) in [7, 11) is 0. The van der Waals surface area contributed by atoms with Crippen LogP contribution in [0.4, 0.5) is 0 Å². The number of benzene rings is 1. The topological polar surface area (TPSA) is 20.3 Å². The van der Waals surface area contributed by atoms with E-state index in [9.17, 15) is 4.79 Å². The van der Waals surface area contributed by atoms with E-state index in [2.05, 4.69) is 35.2 Å².